The molecule has 10 heteroatoms. The van der Waals surface area contributed by atoms with Crippen LogP contribution in [0.1, 0.15) is 62.8 Å². The number of tetrazole rings is 1. The third-order valence-corrected chi connectivity index (χ3v) is 7.80. The zero-order valence-electron chi connectivity index (χ0n) is 22.3. The standard InChI is InChI=1S/C29H32N8O2/c1-3-17-36-28(38)24-27(35(2)29(36)39)30-26(21-9-5-4-6-10-21)37(24)18-19-13-15-20(16-14-19)22-11-7-8-12-23(22)25-31-33-34-32-25/h7-8,11-16,21H,3-6,9-10,17-18H2,1-2H3,(H,31,32,33,34). The number of fused-ring (bicyclic) bond motifs is 1. The molecular weight excluding hydrogens is 492 g/mol. The fourth-order valence-corrected chi connectivity index (χ4v) is 5.82. The Morgan fingerprint density at radius 3 is 2.38 bits per heavy atom. The van der Waals surface area contributed by atoms with E-state index in [1.54, 1.807) is 7.05 Å². The predicted molar refractivity (Wildman–Crippen MR) is 150 cm³/mol. The maximum atomic E-state index is 13.7. The minimum absolute atomic E-state index is 0.254. The highest BCUT2D eigenvalue weighted by Gasteiger charge is 2.26. The van der Waals surface area contributed by atoms with Gasteiger partial charge in [0.05, 0.1) is 0 Å². The maximum Gasteiger partial charge on any atom is 0.332 e. The van der Waals surface area contributed by atoms with Crippen molar-refractivity contribution in [3.8, 4) is 22.5 Å². The van der Waals surface area contributed by atoms with Gasteiger partial charge in [0.25, 0.3) is 5.56 Å². The van der Waals surface area contributed by atoms with E-state index in [1.807, 2.05) is 31.2 Å². The fraction of sp³-hybridized carbons (Fsp3) is 0.379. The normalized spacial score (nSPS) is 14.3. The second kappa shape index (κ2) is 10.4. The number of hydrogen-bond acceptors (Lipinski definition) is 6. The molecule has 1 N–H and O–H groups in total. The highest BCUT2D eigenvalue weighted by molar-refractivity contribution is 5.80. The maximum absolute atomic E-state index is 13.7. The van der Waals surface area contributed by atoms with Crippen LogP contribution < -0.4 is 11.2 Å². The molecule has 6 rings (SSSR count). The predicted octanol–water partition coefficient (Wildman–Crippen LogP) is 4.25. The molecule has 1 aliphatic carbocycles. The first-order chi connectivity index (χ1) is 19.1. The molecular formula is C29H32N8O2. The largest absolute Gasteiger partial charge is 0.332 e. The van der Waals surface area contributed by atoms with Crippen LogP contribution in [0.4, 0.5) is 0 Å². The Morgan fingerprint density at radius 1 is 0.949 bits per heavy atom. The van der Waals surface area contributed by atoms with Gasteiger partial charge < -0.3 is 4.57 Å². The summed E-state index contributed by atoms with van der Waals surface area (Å²) in [6, 6.07) is 16.3. The van der Waals surface area contributed by atoms with Gasteiger partial charge in [-0.2, -0.15) is 5.21 Å². The Kier molecular flexibility index (Phi) is 6.68. The van der Waals surface area contributed by atoms with Crippen molar-refractivity contribution in [1.29, 1.82) is 0 Å². The van der Waals surface area contributed by atoms with E-state index < -0.39 is 0 Å². The van der Waals surface area contributed by atoms with Gasteiger partial charge in [-0.05, 0) is 41.2 Å². The molecule has 0 unspecified atom stereocenters. The molecule has 3 heterocycles. The molecule has 0 spiro atoms. The minimum atomic E-state index is -0.307. The summed E-state index contributed by atoms with van der Waals surface area (Å²) in [6.45, 7) is 2.87. The molecule has 0 saturated heterocycles. The topological polar surface area (TPSA) is 116 Å². The van der Waals surface area contributed by atoms with E-state index in [9.17, 15) is 9.59 Å². The van der Waals surface area contributed by atoms with Crippen LogP contribution in [-0.4, -0.2) is 39.3 Å². The molecule has 0 atom stereocenters. The van der Waals surface area contributed by atoms with E-state index in [2.05, 4.69) is 49.5 Å². The third-order valence-electron chi connectivity index (χ3n) is 7.80. The Bertz CT molecular complexity index is 1720. The average Bonchev–Trinajstić information content (AvgIpc) is 3.64. The van der Waals surface area contributed by atoms with Crippen molar-refractivity contribution < 1.29 is 0 Å². The summed E-state index contributed by atoms with van der Waals surface area (Å²) in [6.07, 6.45) is 6.34. The molecule has 0 aliphatic heterocycles. The van der Waals surface area contributed by atoms with Gasteiger partial charge in [0.2, 0.25) is 5.82 Å². The van der Waals surface area contributed by atoms with Crippen LogP contribution in [0.25, 0.3) is 33.7 Å². The summed E-state index contributed by atoms with van der Waals surface area (Å²) in [7, 11) is 1.72. The lowest BCUT2D eigenvalue weighted by atomic mass is 9.88. The summed E-state index contributed by atoms with van der Waals surface area (Å²) in [4.78, 5) is 31.6. The van der Waals surface area contributed by atoms with Crippen molar-refractivity contribution in [2.24, 2.45) is 7.05 Å². The molecule has 0 amide bonds. The first kappa shape index (κ1) is 25.0. The smallest absolute Gasteiger partial charge is 0.317 e. The molecule has 1 fully saturated rings. The summed E-state index contributed by atoms with van der Waals surface area (Å²) < 4.78 is 4.96. The Morgan fingerprint density at radius 2 is 1.69 bits per heavy atom. The number of benzene rings is 2. The number of aryl methyl sites for hydroxylation is 1. The molecule has 1 saturated carbocycles. The minimum Gasteiger partial charge on any atom is -0.317 e. The van der Waals surface area contributed by atoms with Gasteiger partial charge in [-0.3, -0.25) is 13.9 Å². The van der Waals surface area contributed by atoms with Crippen LogP contribution in [0.2, 0.25) is 0 Å². The molecule has 1 aliphatic rings. The third kappa shape index (κ3) is 4.49. The van der Waals surface area contributed by atoms with E-state index in [1.165, 1.54) is 15.6 Å². The Labute approximate surface area is 225 Å². The van der Waals surface area contributed by atoms with E-state index in [0.717, 1.165) is 53.8 Å². The highest BCUT2D eigenvalue weighted by atomic mass is 16.2. The number of imidazole rings is 1. The Hall–Kier alpha value is -4.34. The van der Waals surface area contributed by atoms with Gasteiger partial charge in [-0.25, -0.2) is 9.78 Å². The molecule has 0 radical (unpaired) electrons. The van der Waals surface area contributed by atoms with Crippen LogP contribution in [0.5, 0.6) is 0 Å². The number of rotatable bonds is 7. The van der Waals surface area contributed by atoms with Crippen LogP contribution in [-0.2, 0) is 20.1 Å². The van der Waals surface area contributed by atoms with E-state index in [0.29, 0.717) is 36.5 Å². The molecule has 200 valence electrons. The van der Waals surface area contributed by atoms with Crippen LogP contribution in [0.3, 0.4) is 0 Å². The van der Waals surface area contributed by atoms with E-state index >= 15 is 0 Å². The SMILES string of the molecule is CCCn1c(=O)c2c(nc(C3CCCCC3)n2Cc2ccc(-c3ccccc3-c3nn[nH]n3)cc2)n(C)c1=O. The summed E-state index contributed by atoms with van der Waals surface area (Å²) >= 11 is 0. The zero-order valence-corrected chi connectivity index (χ0v) is 22.3. The first-order valence-electron chi connectivity index (χ1n) is 13.7. The van der Waals surface area contributed by atoms with Gasteiger partial charge in [-0.1, -0.05) is 74.7 Å². The van der Waals surface area contributed by atoms with Crippen molar-refractivity contribution in [2.75, 3.05) is 0 Å². The lowest BCUT2D eigenvalue weighted by Crippen LogP contribution is -2.39. The van der Waals surface area contributed by atoms with E-state index in [4.69, 9.17) is 4.98 Å². The van der Waals surface area contributed by atoms with Crippen molar-refractivity contribution in [3.05, 3.63) is 80.8 Å². The molecule has 10 nitrogen and oxygen atoms in total. The molecule has 3 aromatic heterocycles. The van der Waals surface area contributed by atoms with Crippen molar-refractivity contribution >= 4 is 11.2 Å². The van der Waals surface area contributed by atoms with Crippen LogP contribution in [0.15, 0.2) is 58.1 Å². The van der Waals surface area contributed by atoms with Gasteiger partial charge >= 0.3 is 5.69 Å². The van der Waals surface area contributed by atoms with Crippen molar-refractivity contribution in [3.63, 3.8) is 0 Å². The Balaban J connectivity index is 1.44. The summed E-state index contributed by atoms with van der Waals surface area (Å²) in [5.41, 5.74) is 4.43. The summed E-state index contributed by atoms with van der Waals surface area (Å²) in [5, 5.41) is 14.5. The highest BCUT2D eigenvalue weighted by Crippen LogP contribution is 2.34. The fourth-order valence-electron chi connectivity index (χ4n) is 5.82. The molecule has 0 bridgehead atoms. The number of hydrogen-bond donors (Lipinski definition) is 1. The van der Waals surface area contributed by atoms with Gasteiger partial charge in [-0.15, -0.1) is 10.2 Å². The number of nitrogens with one attached hydrogen (secondary N) is 1. The quantitative estimate of drug-likeness (QED) is 0.340. The molecule has 2 aromatic carbocycles. The van der Waals surface area contributed by atoms with Gasteiger partial charge in [0, 0.05) is 31.6 Å². The number of aromatic nitrogens is 8. The molecule has 5 aromatic rings. The lowest BCUT2D eigenvalue weighted by Gasteiger charge is -2.22. The van der Waals surface area contributed by atoms with Gasteiger partial charge in [0.15, 0.2) is 11.2 Å². The first-order valence-corrected chi connectivity index (χ1v) is 13.7. The van der Waals surface area contributed by atoms with Crippen LogP contribution in [0, 0.1) is 0 Å². The van der Waals surface area contributed by atoms with Crippen molar-refractivity contribution in [2.45, 2.75) is 64.5 Å². The molecule has 39 heavy (non-hydrogen) atoms. The number of aromatic amines is 1. The monoisotopic (exact) mass is 524 g/mol. The second-order valence-corrected chi connectivity index (χ2v) is 10.3. The second-order valence-electron chi connectivity index (χ2n) is 10.3. The van der Waals surface area contributed by atoms with E-state index in [-0.39, 0.29) is 17.2 Å². The lowest BCUT2D eigenvalue weighted by molar-refractivity contribution is 0.420. The van der Waals surface area contributed by atoms with Gasteiger partial charge in [0.1, 0.15) is 5.82 Å². The van der Waals surface area contributed by atoms with Crippen LogP contribution >= 0.6 is 0 Å². The number of nitrogens with zero attached hydrogens (tertiary/aromatic N) is 7. The van der Waals surface area contributed by atoms with Crippen molar-refractivity contribution in [1.82, 2.24) is 39.3 Å². The number of H-pyrrole nitrogens is 1. The zero-order chi connectivity index (χ0) is 26.9. The summed E-state index contributed by atoms with van der Waals surface area (Å²) in [5.74, 6) is 1.74. The average molecular weight is 525 g/mol.